The van der Waals surface area contributed by atoms with E-state index in [2.05, 4.69) is 26.6 Å². The van der Waals surface area contributed by atoms with Crippen LogP contribution in [0.15, 0.2) is 54.9 Å². The number of nitrogens with one attached hydrogen (secondary N) is 2. The number of hydrogen-bond acceptors (Lipinski definition) is 5. The first-order valence-corrected chi connectivity index (χ1v) is 9.60. The summed E-state index contributed by atoms with van der Waals surface area (Å²) in [5.74, 6) is 0.726. The topological polar surface area (TPSA) is 89.1 Å². The highest BCUT2D eigenvalue weighted by Gasteiger charge is 2.06. The lowest BCUT2D eigenvalue weighted by Crippen LogP contribution is -2.31. The Labute approximate surface area is 170 Å². The van der Waals surface area contributed by atoms with Gasteiger partial charge in [0.25, 0.3) is 0 Å². The summed E-state index contributed by atoms with van der Waals surface area (Å²) in [6, 6.07) is 13.7. The fourth-order valence-corrected chi connectivity index (χ4v) is 2.75. The van der Waals surface area contributed by atoms with Crippen molar-refractivity contribution in [3.63, 3.8) is 0 Å². The van der Waals surface area contributed by atoms with Gasteiger partial charge < -0.3 is 14.8 Å². The van der Waals surface area contributed by atoms with Gasteiger partial charge in [0.1, 0.15) is 12.4 Å². The molecule has 152 valence electrons. The lowest BCUT2D eigenvalue weighted by atomic mass is 10.1. The van der Waals surface area contributed by atoms with E-state index in [1.165, 1.54) is 0 Å². The zero-order valence-electron chi connectivity index (χ0n) is 16.7. The molecular formula is C22H26N4O3. The number of aromatic nitrogens is 3. The molecule has 2 aromatic heterocycles. The number of amides is 1. The van der Waals surface area contributed by atoms with Crippen LogP contribution in [0, 0.1) is 0 Å². The molecule has 3 aromatic rings. The van der Waals surface area contributed by atoms with Gasteiger partial charge in [-0.3, -0.25) is 14.9 Å². The molecule has 1 amide bonds. The van der Waals surface area contributed by atoms with Crippen LogP contribution in [0.1, 0.15) is 24.5 Å². The number of carbonyl (C=O) groups is 1. The Kier molecular flexibility index (Phi) is 7.35. The highest BCUT2D eigenvalue weighted by Crippen LogP contribution is 2.18. The van der Waals surface area contributed by atoms with Gasteiger partial charge in [0.15, 0.2) is 0 Å². The van der Waals surface area contributed by atoms with Crippen LogP contribution in [0.4, 0.5) is 0 Å². The van der Waals surface area contributed by atoms with E-state index >= 15 is 0 Å². The predicted molar refractivity (Wildman–Crippen MR) is 110 cm³/mol. The van der Waals surface area contributed by atoms with E-state index in [1.54, 1.807) is 19.5 Å². The quantitative estimate of drug-likeness (QED) is 0.551. The Morgan fingerprint density at radius 2 is 2.07 bits per heavy atom. The molecule has 0 fully saturated rings. The fourth-order valence-electron chi connectivity index (χ4n) is 2.75. The molecule has 7 heteroatoms. The SMILES string of the molecule is COC(C)CNC(=O)CCc1cccc(COc2ccc(-c3ccn[nH]3)nc2)c1. The van der Waals surface area contributed by atoms with Crippen molar-refractivity contribution < 1.29 is 14.3 Å². The van der Waals surface area contributed by atoms with Gasteiger partial charge in [-0.2, -0.15) is 5.10 Å². The van der Waals surface area contributed by atoms with E-state index in [1.807, 2.05) is 43.3 Å². The van der Waals surface area contributed by atoms with Gasteiger partial charge in [-0.25, -0.2) is 0 Å². The highest BCUT2D eigenvalue weighted by atomic mass is 16.5. The Bertz CT molecular complexity index is 895. The molecule has 7 nitrogen and oxygen atoms in total. The van der Waals surface area contributed by atoms with E-state index in [0.29, 0.717) is 31.7 Å². The normalized spacial score (nSPS) is 11.8. The summed E-state index contributed by atoms with van der Waals surface area (Å²) in [6.45, 7) is 2.89. The number of carbonyl (C=O) groups excluding carboxylic acids is 1. The number of nitrogens with zero attached hydrogens (tertiary/aromatic N) is 2. The number of benzene rings is 1. The van der Waals surface area contributed by atoms with E-state index in [0.717, 1.165) is 22.5 Å². The molecule has 2 heterocycles. The number of H-pyrrole nitrogens is 1. The van der Waals surface area contributed by atoms with Crippen LogP contribution < -0.4 is 10.1 Å². The first kappa shape index (κ1) is 20.5. The van der Waals surface area contributed by atoms with Gasteiger partial charge in [0.2, 0.25) is 5.91 Å². The predicted octanol–water partition coefficient (Wildman–Crippen LogP) is 3.13. The lowest BCUT2D eigenvalue weighted by Gasteiger charge is -2.11. The number of pyridine rings is 1. The second-order valence-electron chi connectivity index (χ2n) is 6.81. The Morgan fingerprint density at radius 3 is 2.79 bits per heavy atom. The minimum atomic E-state index is 0.0162. The first-order valence-electron chi connectivity index (χ1n) is 9.60. The zero-order chi connectivity index (χ0) is 20.5. The summed E-state index contributed by atoms with van der Waals surface area (Å²) in [4.78, 5) is 16.3. The van der Waals surface area contributed by atoms with Crippen molar-refractivity contribution in [2.75, 3.05) is 13.7 Å². The van der Waals surface area contributed by atoms with Crippen LogP contribution >= 0.6 is 0 Å². The zero-order valence-corrected chi connectivity index (χ0v) is 16.7. The number of methoxy groups -OCH3 is 1. The Morgan fingerprint density at radius 1 is 1.21 bits per heavy atom. The minimum absolute atomic E-state index is 0.0162. The number of aromatic amines is 1. The summed E-state index contributed by atoms with van der Waals surface area (Å²) in [6.07, 6.45) is 4.53. The van der Waals surface area contributed by atoms with Gasteiger partial charge in [-0.15, -0.1) is 0 Å². The first-order chi connectivity index (χ1) is 14.1. The van der Waals surface area contributed by atoms with E-state index < -0.39 is 0 Å². The second kappa shape index (κ2) is 10.4. The highest BCUT2D eigenvalue weighted by molar-refractivity contribution is 5.76. The molecule has 0 spiro atoms. The maximum Gasteiger partial charge on any atom is 0.220 e. The van der Waals surface area contributed by atoms with Crippen molar-refractivity contribution in [3.8, 4) is 17.1 Å². The van der Waals surface area contributed by atoms with Crippen LogP contribution in [0.2, 0.25) is 0 Å². The molecule has 0 bridgehead atoms. The van der Waals surface area contributed by atoms with E-state index in [4.69, 9.17) is 9.47 Å². The average molecular weight is 394 g/mol. The van der Waals surface area contributed by atoms with Gasteiger partial charge in [0.05, 0.1) is 23.7 Å². The summed E-state index contributed by atoms with van der Waals surface area (Å²) in [5.41, 5.74) is 3.84. The largest absolute Gasteiger partial charge is 0.487 e. The van der Waals surface area contributed by atoms with Crippen LogP contribution in [-0.2, 0) is 22.6 Å². The molecule has 3 rings (SSSR count). The van der Waals surface area contributed by atoms with Crippen molar-refractivity contribution in [2.45, 2.75) is 32.5 Å². The van der Waals surface area contributed by atoms with Gasteiger partial charge in [-0.05, 0) is 42.7 Å². The van der Waals surface area contributed by atoms with E-state index in [-0.39, 0.29) is 12.0 Å². The van der Waals surface area contributed by atoms with Crippen LogP contribution in [0.5, 0.6) is 5.75 Å². The summed E-state index contributed by atoms with van der Waals surface area (Å²) >= 11 is 0. The number of hydrogen-bond donors (Lipinski definition) is 2. The van der Waals surface area contributed by atoms with Crippen molar-refractivity contribution in [3.05, 3.63) is 66.0 Å². The number of ether oxygens (including phenoxy) is 2. The third-order valence-electron chi connectivity index (χ3n) is 4.54. The summed E-state index contributed by atoms with van der Waals surface area (Å²) in [5, 5.41) is 9.69. The Balaban J connectivity index is 1.47. The molecule has 1 atom stereocenters. The summed E-state index contributed by atoms with van der Waals surface area (Å²) < 4.78 is 11.0. The third-order valence-corrected chi connectivity index (χ3v) is 4.54. The molecule has 0 aliphatic heterocycles. The minimum Gasteiger partial charge on any atom is -0.487 e. The molecule has 0 aliphatic rings. The van der Waals surface area contributed by atoms with Crippen LogP contribution in [0.3, 0.4) is 0 Å². The standard InChI is InChI=1S/C22H26N4O3/c1-16(28-2)13-24-22(27)9-6-17-4-3-5-18(12-17)15-29-19-7-8-20(23-14-19)21-10-11-25-26-21/h3-5,7-8,10-12,14,16H,6,9,13,15H2,1-2H3,(H,24,27)(H,25,26). The molecule has 0 aliphatic carbocycles. The number of aryl methyl sites for hydroxylation is 1. The number of rotatable bonds is 10. The van der Waals surface area contributed by atoms with E-state index in [9.17, 15) is 4.79 Å². The van der Waals surface area contributed by atoms with Crippen molar-refractivity contribution in [1.82, 2.24) is 20.5 Å². The van der Waals surface area contributed by atoms with Crippen molar-refractivity contribution >= 4 is 5.91 Å². The molecular weight excluding hydrogens is 368 g/mol. The van der Waals surface area contributed by atoms with Gasteiger partial charge in [0, 0.05) is 26.3 Å². The van der Waals surface area contributed by atoms with Gasteiger partial charge >= 0.3 is 0 Å². The molecule has 0 radical (unpaired) electrons. The molecule has 29 heavy (non-hydrogen) atoms. The molecule has 2 N–H and O–H groups in total. The van der Waals surface area contributed by atoms with Crippen LogP contribution in [0.25, 0.3) is 11.4 Å². The maximum absolute atomic E-state index is 11.9. The lowest BCUT2D eigenvalue weighted by molar-refractivity contribution is -0.121. The van der Waals surface area contributed by atoms with Crippen molar-refractivity contribution in [2.24, 2.45) is 0 Å². The Hall–Kier alpha value is -3.19. The third kappa shape index (κ3) is 6.43. The summed E-state index contributed by atoms with van der Waals surface area (Å²) in [7, 11) is 1.63. The smallest absolute Gasteiger partial charge is 0.220 e. The maximum atomic E-state index is 11.9. The monoisotopic (exact) mass is 394 g/mol. The molecule has 0 saturated carbocycles. The molecule has 1 aromatic carbocycles. The van der Waals surface area contributed by atoms with Crippen molar-refractivity contribution in [1.29, 1.82) is 0 Å². The molecule has 1 unspecified atom stereocenters. The average Bonchev–Trinajstić information content (AvgIpc) is 3.30. The van der Waals surface area contributed by atoms with Crippen LogP contribution in [-0.4, -0.2) is 40.8 Å². The fraction of sp³-hybridized carbons (Fsp3) is 0.318. The van der Waals surface area contributed by atoms with Gasteiger partial charge in [-0.1, -0.05) is 24.3 Å². The molecule has 0 saturated heterocycles. The second-order valence-corrected chi connectivity index (χ2v) is 6.81.